The molecule has 0 bridgehead atoms. The molecule has 0 saturated carbocycles. The molecule has 1 aromatic carbocycles. The Morgan fingerprint density at radius 1 is 1.27 bits per heavy atom. The van der Waals surface area contributed by atoms with Gasteiger partial charge in [0.1, 0.15) is 5.82 Å². The van der Waals surface area contributed by atoms with Crippen LogP contribution in [0.1, 0.15) is 26.3 Å². The molecule has 1 rings (SSSR count). The van der Waals surface area contributed by atoms with Crippen molar-refractivity contribution in [3.8, 4) is 0 Å². The fraction of sp³-hybridized carbons (Fsp3) is 0.588. The normalized spacial score (nSPS) is 12.0. The zero-order valence-electron chi connectivity index (χ0n) is 14.2. The summed E-state index contributed by atoms with van der Waals surface area (Å²) in [6, 6.07) is 7.41. The Morgan fingerprint density at radius 3 is 2.64 bits per heavy atom. The first-order chi connectivity index (χ1) is 10.5. The second-order valence-electron chi connectivity index (χ2n) is 5.60. The highest BCUT2D eigenvalue weighted by Gasteiger charge is 2.03. The monoisotopic (exact) mass is 308 g/mol. The molecular weight excluding hydrogens is 279 g/mol. The van der Waals surface area contributed by atoms with Crippen LogP contribution >= 0.6 is 0 Å². The molecule has 0 radical (unpaired) electrons. The molecule has 5 heteroatoms. The molecule has 2 N–H and O–H groups in total. The predicted octanol–water partition coefficient (Wildman–Crippen LogP) is 2.26. The molecule has 0 fully saturated rings. The first-order valence-electron chi connectivity index (χ1n) is 8.00. The summed E-state index contributed by atoms with van der Waals surface area (Å²) in [6.07, 6.45) is 0.642. The minimum Gasteiger partial charge on any atom is -0.357 e. The molecule has 0 saturated heterocycles. The predicted molar refractivity (Wildman–Crippen MR) is 91.9 cm³/mol. The fourth-order valence-electron chi connectivity index (χ4n) is 1.94. The fourth-order valence-corrected chi connectivity index (χ4v) is 1.94. The summed E-state index contributed by atoms with van der Waals surface area (Å²) in [5.41, 5.74) is 0.727. The summed E-state index contributed by atoms with van der Waals surface area (Å²) >= 11 is 0. The van der Waals surface area contributed by atoms with Gasteiger partial charge < -0.3 is 15.5 Å². The second-order valence-corrected chi connectivity index (χ2v) is 5.60. The van der Waals surface area contributed by atoms with Crippen molar-refractivity contribution in [2.24, 2.45) is 4.99 Å². The Kier molecular flexibility index (Phi) is 8.51. The topological polar surface area (TPSA) is 39.7 Å². The Hall–Kier alpha value is -1.62. The van der Waals surface area contributed by atoms with Crippen LogP contribution in [0.4, 0.5) is 4.39 Å². The SMILES string of the molecule is CCNC(=NCCN(C)C(C)C)NCCc1ccccc1F. The maximum atomic E-state index is 13.6. The summed E-state index contributed by atoms with van der Waals surface area (Å²) in [6.45, 7) is 9.50. The maximum Gasteiger partial charge on any atom is 0.191 e. The highest BCUT2D eigenvalue weighted by atomic mass is 19.1. The van der Waals surface area contributed by atoms with Crippen LogP contribution in [0.5, 0.6) is 0 Å². The van der Waals surface area contributed by atoms with E-state index in [-0.39, 0.29) is 5.82 Å². The Labute approximate surface area is 133 Å². The minimum absolute atomic E-state index is 0.148. The van der Waals surface area contributed by atoms with Gasteiger partial charge in [0.25, 0.3) is 0 Å². The summed E-state index contributed by atoms with van der Waals surface area (Å²) < 4.78 is 13.6. The van der Waals surface area contributed by atoms with E-state index in [1.165, 1.54) is 6.07 Å². The number of rotatable bonds is 8. The lowest BCUT2D eigenvalue weighted by Crippen LogP contribution is -2.39. The van der Waals surface area contributed by atoms with E-state index >= 15 is 0 Å². The number of guanidine groups is 1. The van der Waals surface area contributed by atoms with Crippen molar-refractivity contribution in [3.63, 3.8) is 0 Å². The van der Waals surface area contributed by atoms with Crippen LogP contribution in [-0.4, -0.2) is 50.1 Å². The average Bonchev–Trinajstić information content (AvgIpc) is 2.49. The molecule has 0 amide bonds. The third-order valence-electron chi connectivity index (χ3n) is 3.59. The molecule has 0 aliphatic heterocycles. The van der Waals surface area contributed by atoms with Crippen LogP contribution in [0.2, 0.25) is 0 Å². The maximum absolute atomic E-state index is 13.6. The molecular formula is C17H29FN4. The Morgan fingerprint density at radius 2 is 2.00 bits per heavy atom. The summed E-state index contributed by atoms with van der Waals surface area (Å²) in [4.78, 5) is 6.80. The van der Waals surface area contributed by atoms with Gasteiger partial charge >= 0.3 is 0 Å². The summed E-state index contributed by atoms with van der Waals surface area (Å²) in [5.74, 6) is 0.640. The van der Waals surface area contributed by atoms with Gasteiger partial charge in [0, 0.05) is 25.7 Å². The molecule has 0 aliphatic carbocycles. The largest absolute Gasteiger partial charge is 0.357 e. The minimum atomic E-state index is -0.148. The van der Waals surface area contributed by atoms with Gasteiger partial charge in [-0.25, -0.2) is 4.39 Å². The zero-order chi connectivity index (χ0) is 16.4. The van der Waals surface area contributed by atoms with E-state index < -0.39 is 0 Å². The summed E-state index contributed by atoms with van der Waals surface area (Å²) in [5, 5.41) is 6.47. The van der Waals surface area contributed by atoms with E-state index in [2.05, 4.69) is 41.4 Å². The van der Waals surface area contributed by atoms with Crippen molar-refractivity contribution >= 4 is 5.96 Å². The van der Waals surface area contributed by atoms with Gasteiger partial charge in [0.15, 0.2) is 5.96 Å². The van der Waals surface area contributed by atoms with Crippen molar-refractivity contribution in [2.45, 2.75) is 33.2 Å². The molecule has 1 aromatic rings. The standard InChI is InChI=1S/C17H29FN4/c1-5-19-17(21-12-13-22(4)14(2)3)20-11-10-15-8-6-7-9-16(15)18/h6-9,14H,5,10-13H2,1-4H3,(H2,19,20,21). The molecule has 0 aromatic heterocycles. The highest BCUT2D eigenvalue weighted by Crippen LogP contribution is 2.06. The third kappa shape index (κ3) is 6.89. The van der Waals surface area contributed by atoms with Crippen LogP contribution < -0.4 is 10.6 Å². The van der Waals surface area contributed by atoms with Gasteiger partial charge in [0.2, 0.25) is 0 Å². The number of likely N-dealkylation sites (N-methyl/N-ethyl adjacent to an activating group) is 1. The van der Waals surface area contributed by atoms with Crippen LogP contribution in [0.3, 0.4) is 0 Å². The Bertz CT molecular complexity index is 460. The van der Waals surface area contributed by atoms with E-state index in [0.717, 1.165) is 31.2 Å². The van der Waals surface area contributed by atoms with E-state index in [1.54, 1.807) is 6.07 Å². The van der Waals surface area contributed by atoms with Gasteiger partial charge in [-0.1, -0.05) is 18.2 Å². The smallest absolute Gasteiger partial charge is 0.191 e. The summed E-state index contributed by atoms with van der Waals surface area (Å²) in [7, 11) is 2.10. The molecule has 0 spiro atoms. The number of hydrogen-bond acceptors (Lipinski definition) is 2. The molecule has 0 heterocycles. The van der Waals surface area contributed by atoms with Gasteiger partial charge in [-0.15, -0.1) is 0 Å². The zero-order valence-corrected chi connectivity index (χ0v) is 14.2. The van der Waals surface area contributed by atoms with Crippen LogP contribution in [0, 0.1) is 5.82 Å². The van der Waals surface area contributed by atoms with Gasteiger partial charge in [-0.05, 0) is 45.9 Å². The van der Waals surface area contributed by atoms with Gasteiger partial charge in [-0.2, -0.15) is 0 Å². The van der Waals surface area contributed by atoms with Crippen LogP contribution in [-0.2, 0) is 6.42 Å². The average molecular weight is 308 g/mol. The number of nitrogens with one attached hydrogen (secondary N) is 2. The number of benzene rings is 1. The van der Waals surface area contributed by atoms with Crippen molar-refractivity contribution in [1.82, 2.24) is 15.5 Å². The Balaban J connectivity index is 2.42. The van der Waals surface area contributed by atoms with Crippen molar-refractivity contribution in [1.29, 1.82) is 0 Å². The quantitative estimate of drug-likeness (QED) is 0.572. The van der Waals surface area contributed by atoms with E-state index in [1.807, 2.05) is 19.1 Å². The van der Waals surface area contributed by atoms with Crippen molar-refractivity contribution in [3.05, 3.63) is 35.6 Å². The molecule has 0 unspecified atom stereocenters. The first kappa shape index (κ1) is 18.4. The van der Waals surface area contributed by atoms with Gasteiger partial charge in [-0.3, -0.25) is 4.99 Å². The lowest BCUT2D eigenvalue weighted by Gasteiger charge is -2.20. The lowest BCUT2D eigenvalue weighted by atomic mass is 10.1. The van der Waals surface area contributed by atoms with E-state index in [0.29, 0.717) is 19.0 Å². The van der Waals surface area contributed by atoms with Gasteiger partial charge in [0.05, 0.1) is 6.54 Å². The van der Waals surface area contributed by atoms with Crippen molar-refractivity contribution in [2.75, 3.05) is 33.2 Å². The van der Waals surface area contributed by atoms with Crippen LogP contribution in [0.25, 0.3) is 0 Å². The van der Waals surface area contributed by atoms with E-state index in [4.69, 9.17) is 0 Å². The van der Waals surface area contributed by atoms with Crippen molar-refractivity contribution < 1.29 is 4.39 Å². The van der Waals surface area contributed by atoms with Crippen LogP contribution in [0.15, 0.2) is 29.3 Å². The third-order valence-corrected chi connectivity index (χ3v) is 3.59. The second kappa shape index (κ2) is 10.2. The number of hydrogen-bond donors (Lipinski definition) is 2. The number of nitrogens with zero attached hydrogens (tertiary/aromatic N) is 2. The lowest BCUT2D eigenvalue weighted by molar-refractivity contribution is 0.282. The number of aliphatic imine (C=N–C) groups is 1. The highest BCUT2D eigenvalue weighted by molar-refractivity contribution is 5.79. The first-order valence-corrected chi connectivity index (χ1v) is 8.00. The molecule has 0 atom stereocenters. The number of halogens is 1. The molecule has 22 heavy (non-hydrogen) atoms. The molecule has 4 nitrogen and oxygen atoms in total. The van der Waals surface area contributed by atoms with E-state index in [9.17, 15) is 4.39 Å². The molecule has 124 valence electrons. The molecule has 0 aliphatic rings.